The highest BCUT2D eigenvalue weighted by atomic mass is 127. The molecule has 0 bridgehead atoms. The second-order valence-corrected chi connectivity index (χ2v) is 7.40. The van der Waals surface area contributed by atoms with Crippen LogP contribution in [-0.2, 0) is 0 Å². The maximum Gasteiger partial charge on any atom is 0.0656 e. The van der Waals surface area contributed by atoms with Gasteiger partial charge in [-0.05, 0) is 70.3 Å². The monoisotopic (exact) mass is 391 g/mol. The zero-order valence-electron chi connectivity index (χ0n) is 10.3. The second kappa shape index (κ2) is 6.37. The normalized spacial score (nSPS) is 12.7. The van der Waals surface area contributed by atoms with E-state index in [2.05, 4.69) is 64.5 Å². The molecule has 1 aromatic heterocycles. The van der Waals surface area contributed by atoms with Gasteiger partial charge in [-0.2, -0.15) is 0 Å². The molecule has 0 aliphatic rings. The summed E-state index contributed by atoms with van der Waals surface area (Å²) < 4.78 is 1.31. The highest BCUT2D eigenvalue weighted by molar-refractivity contribution is 14.1. The maximum absolute atomic E-state index is 6.22. The van der Waals surface area contributed by atoms with Crippen molar-refractivity contribution in [3.8, 4) is 0 Å². The summed E-state index contributed by atoms with van der Waals surface area (Å²) in [5, 5.41) is 6.56. The zero-order valence-corrected chi connectivity index (χ0v) is 14.1. The van der Waals surface area contributed by atoms with Crippen LogP contribution < -0.4 is 5.32 Å². The third kappa shape index (κ3) is 3.26. The number of nitrogens with one attached hydrogen (secondary N) is 1. The fourth-order valence-electron chi connectivity index (χ4n) is 1.90. The predicted molar refractivity (Wildman–Crippen MR) is 88.7 cm³/mol. The van der Waals surface area contributed by atoms with E-state index < -0.39 is 0 Å². The van der Waals surface area contributed by atoms with Crippen LogP contribution in [-0.4, -0.2) is 6.54 Å². The molecule has 0 aliphatic heterocycles. The molecule has 0 fully saturated rings. The van der Waals surface area contributed by atoms with Crippen molar-refractivity contribution in [1.29, 1.82) is 0 Å². The Morgan fingerprint density at radius 1 is 1.33 bits per heavy atom. The minimum Gasteiger partial charge on any atom is -0.307 e. The lowest BCUT2D eigenvalue weighted by atomic mass is 10.00. The summed E-state index contributed by atoms with van der Waals surface area (Å²) >= 11 is 10.4. The van der Waals surface area contributed by atoms with E-state index in [9.17, 15) is 0 Å². The molecule has 2 rings (SSSR count). The van der Waals surface area contributed by atoms with E-state index in [1.165, 1.54) is 14.0 Å². The Balaban J connectivity index is 2.37. The van der Waals surface area contributed by atoms with Crippen molar-refractivity contribution in [3.05, 3.63) is 54.2 Å². The van der Waals surface area contributed by atoms with Crippen molar-refractivity contribution in [1.82, 2.24) is 5.32 Å². The Morgan fingerprint density at radius 2 is 2.11 bits per heavy atom. The first-order chi connectivity index (χ1) is 8.61. The van der Waals surface area contributed by atoms with Gasteiger partial charge in [-0.3, -0.25) is 0 Å². The number of aryl methyl sites for hydroxylation is 1. The largest absolute Gasteiger partial charge is 0.307 e. The smallest absolute Gasteiger partial charge is 0.0656 e. The van der Waals surface area contributed by atoms with Gasteiger partial charge in [0.25, 0.3) is 0 Å². The van der Waals surface area contributed by atoms with E-state index >= 15 is 0 Å². The van der Waals surface area contributed by atoms with Gasteiger partial charge in [0.2, 0.25) is 0 Å². The highest BCUT2D eigenvalue weighted by Crippen LogP contribution is 2.29. The number of thiophene rings is 1. The maximum atomic E-state index is 6.22. The van der Waals surface area contributed by atoms with E-state index in [-0.39, 0.29) is 6.04 Å². The second-order valence-electron chi connectivity index (χ2n) is 4.18. The fraction of sp³-hybridized carbons (Fsp3) is 0.286. The van der Waals surface area contributed by atoms with Crippen molar-refractivity contribution in [3.63, 3.8) is 0 Å². The summed E-state index contributed by atoms with van der Waals surface area (Å²) in [4.78, 5) is 0. The molecule has 0 saturated heterocycles. The van der Waals surface area contributed by atoms with Gasteiger partial charge in [-0.1, -0.05) is 30.7 Å². The van der Waals surface area contributed by atoms with E-state index in [0.29, 0.717) is 0 Å². The molecule has 0 radical (unpaired) electrons. The summed E-state index contributed by atoms with van der Waals surface area (Å²) in [6.45, 7) is 5.09. The van der Waals surface area contributed by atoms with Gasteiger partial charge in [0.05, 0.1) is 8.93 Å². The number of hydrogen-bond acceptors (Lipinski definition) is 2. The fourth-order valence-corrected chi connectivity index (χ4v) is 3.48. The molecular weight excluding hydrogens is 377 g/mol. The third-order valence-electron chi connectivity index (χ3n) is 2.86. The summed E-state index contributed by atoms with van der Waals surface area (Å²) in [5.74, 6) is 0. The molecule has 1 unspecified atom stereocenters. The van der Waals surface area contributed by atoms with Crippen LogP contribution >= 0.6 is 45.5 Å². The van der Waals surface area contributed by atoms with Gasteiger partial charge < -0.3 is 5.32 Å². The minimum absolute atomic E-state index is 0.230. The highest BCUT2D eigenvalue weighted by Gasteiger charge is 2.15. The van der Waals surface area contributed by atoms with Gasteiger partial charge in [-0.25, -0.2) is 0 Å². The molecule has 96 valence electrons. The van der Waals surface area contributed by atoms with Gasteiger partial charge in [0, 0.05) is 5.02 Å². The molecule has 1 nitrogen and oxygen atoms in total. The van der Waals surface area contributed by atoms with Gasteiger partial charge in [0.1, 0.15) is 0 Å². The Kier molecular flexibility index (Phi) is 5.06. The van der Waals surface area contributed by atoms with Crippen LogP contribution in [0.4, 0.5) is 0 Å². The molecule has 1 aromatic carbocycles. The summed E-state index contributed by atoms with van der Waals surface area (Å²) in [6, 6.07) is 8.76. The lowest BCUT2D eigenvalue weighted by Gasteiger charge is -2.18. The SMILES string of the molecule is CCNC(c1csc(I)c1)c1ccc(C)c(Cl)c1. The number of hydrogen-bond donors (Lipinski definition) is 1. The molecule has 0 saturated carbocycles. The van der Waals surface area contributed by atoms with Crippen LogP contribution in [0, 0.1) is 9.81 Å². The van der Waals surface area contributed by atoms with Crippen molar-refractivity contribution >= 4 is 45.5 Å². The Bertz CT molecular complexity index is 538. The molecule has 18 heavy (non-hydrogen) atoms. The average molecular weight is 392 g/mol. The first-order valence-electron chi connectivity index (χ1n) is 5.85. The van der Waals surface area contributed by atoms with E-state index in [1.807, 2.05) is 6.92 Å². The van der Waals surface area contributed by atoms with Crippen molar-refractivity contribution in [2.45, 2.75) is 19.9 Å². The molecule has 0 spiro atoms. The van der Waals surface area contributed by atoms with Crippen molar-refractivity contribution in [2.24, 2.45) is 0 Å². The number of halogens is 2. The van der Waals surface area contributed by atoms with Crippen LogP contribution in [0.15, 0.2) is 29.6 Å². The molecule has 4 heteroatoms. The molecule has 0 amide bonds. The van der Waals surface area contributed by atoms with Crippen LogP contribution in [0.5, 0.6) is 0 Å². The average Bonchev–Trinajstić information content (AvgIpc) is 2.76. The first-order valence-corrected chi connectivity index (χ1v) is 8.18. The number of benzene rings is 1. The van der Waals surface area contributed by atoms with Gasteiger partial charge in [0.15, 0.2) is 0 Å². The number of rotatable bonds is 4. The molecule has 2 aromatic rings. The Labute approximate surface area is 131 Å². The third-order valence-corrected chi connectivity index (χ3v) is 5.07. The van der Waals surface area contributed by atoms with E-state index in [0.717, 1.165) is 17.1 Å². The molecule has 1 heterocycles. The lowest BCUT2D eigenvalue weighted by Crippen LogP contribution is -2.21. The predicted octanol–water partition coefficient (Wildman–Crippen LogP) is 5.01. The van der Waals surface area contributed by atoms with Crippen LogP contribution in [0.1, 0.15) is 29.7 Å². The van der Waals surface area contributed by atoms with Crippen LogP contribution in [0.2, 0.25) is 5.02 Å². The van der Waals surface area contributed by atoms with Gasteiger partial charge >= 0.3 is 0 Å². The summed E-state index contributed by atoms with van der Waals surface area (Å²) in [5.41, 5.74) is 3.66. The van der Waals surface area contributed by atoms with Crippen LogP contribution in [0.25, 0.3) is 0 Å². The Morgan fingerprint density at radius 3 is 2.67 bits per heavy atom. The first kappa shape index (κ1) is 14.3. The summed E-state index contributed by atoms with van der Waals surface area (Å²) in [7, 11) is 0. The van der Waals surface area contributed by atoms with E-state index in [4.69, 9.17) is 11.6 Å². The van der Waals surface area contributed by atoms with E-state index in [1.54, 1.807) is 11.3 Å². The van der Waals surface area contributed by atoms with Crippen molar-refractivity contribution in [2.75, 3.05) is 6.54 Å². The molecule has 1 N–H and O–H groups in total. The quantitative estimate of drug-likeness (QED) is 0.722. The lowest BCUT2D eigenvalue weighted by molar-refractivity contribution is 0.632. The molecule has 1 atom stereocenters. The molecule has 0 aliphatic carbocycles. The summed E-state index contributed by atoms with van der Waals surface area (Å²) in [6.07, 6.45) is 0. The standard InChI is InChI=1S/C14H15ClINS/c1-3-17-14(11-7-13(16)18-8-11)10-5-4-9(2)12(15)6-10/h4-8,14,17H,3H2,1-2H3. The minimum atomic E-state index is 0.230. The Hall–Kier alpha value is -0.100. The molecular formula is C14H15ClINS. The van der Waals surface area contributed by atoms with Crippen LogP contribution in [0.3, 0.4) is 0 Å². The van der Waals surface area contributed by atoms with Crippen molar-refractivity contribution < 1.29 is 0 Å². The van der Waals surface area contributed by atoms with Gasteiger partial charge in [-0.15, -0.1) is 11.3 Å². The topological polar surface area (TPSA) is 12.0 Å². The zero-order chi connectivity index (χ0) is 13.1.